The van der Waals surface area contributed by atoms with E-state index in [2.05, 4.69) is 15.5 Å². The lowest BCUT2D eigenvalue weighted by atomic mass is 10.1. The van der Waals surface area contributed by atoms with Crippen molar-refractivity contribution in [1.82, 2.24) is 15.1 Å². The number of hydrogen-bond acceptors (Lipinski definition) is 5. The van der Waals surface area contributed by atoms with Crippen LogP contribution in [-0.2, 0) is 4.79 Å². The lowest BCUT2D eigenvalue weighted by Gasteiger charge is -2.37. The molecule has 8 nitrogen and oxygen atoms in total. The fraction of sp³-hybridized carbons (Fsp3) is 0.423. The Morgan fingerprint density at radius 2 is 1.50 bits per heavy atom. The third-order valence-electron chi connectivity index (χ3n) is 6.79. The number of carbonyl (C=O) groups excluding carboxylic acids is 3. The molecule has 2 aromatic carbocycles. The first-order valence-electron chi connectivity index (χ1n) is 12.1. The van der Waals surface area contributed by atoms with Crippen molar-refractivity contribution in [1.29, 1.82) is 0 Å². The number of anilines is 2. The molecule has 0 bridgehead atoms. The van der Waals surface area contributed by atoms with E-state index in [0.29, 0.717) is 56.1 Å². The van der Waals surface area contributed by atoms with Crippen LogP contribution in [0.2, 0.25) is 0 Å². The molecule has 0 atom stereocenters. The molecule has 0 spiro atoms. The largest absolute Gasteiger partial charge is 0.366 e. The summed E-state index contributed by atoms with van der Waals surface area (Å²) in [5.74, 6) is 0.260. The van der Waals surface area contributed by atoms with Gasteiger partial charge < -0.3 is 25.3 Å². The van der Waals surface area contributed by atoms with Gasteiger partial charge in [0.25, 0.3) is 11.8 Å². The molecular formula is C26H31N5O3. The Balaban J connectivity index is 1.37. The lowest BCUT2D eigenvalue weighted by molar-refractivity contribution is -0.132. The Bertz CT molecular complexity index is 1060. The van der Waals surface area contributed by atoms with Crippen molar-refractivity contribution in [3.63, 3.8) is 0 Å². The normalized spacial score (nSPS) is 18.5. The number of nitrogens with zero attached hydrogens (tertiary/aromatic N) is 3. The molecule has 1 aliphatic carbocycles. The van der Waals surface area contributed by atoms with Gasteiger partial charge in [0.2, 0.25) is 5.91 Å². The molecule has 2 aliphatic heterocycles. The molecule has 3 fully saturated rings. The number of piperazine rings is 2. The highest BCUT2D eigenvalue weighted by Crippen LogP contribution is 2.33. The predicted molar refractivity (Wildman–Crippen MR) is 131 cm³/mol. The van der Waals surface area contributed by atoms with Crippen LogP contribution in [0, 0.1) is 5.92 Å². The van der Waals surface area contributed by atoms with E-state index in [9.17, 15) is 14.4 Å². The van der Waals surface area contributed by atoms with Gasteiger partial charge in [-0.2, -0.15) is 0 Å². The molecule has 34 heavy (non-hydrogen) atoms. The molecule has 0 unspecified atom stereocenters. The van der Waals surface area contributed by atoms with Crippen LogP contribution in [0.25, 0.3) is 0 Å². The number of carbonyl (C=O) groups is 3. The third-order valence-corrected chi connectivity index (χ3v) is 6.79. The second-order valence-electron chi connectivity index (χ2n) is 9.18. The van der Waals surface area contributed by atoms with Gasteiger partial charge in [0.1, 0.15) is 0 Å². The van der Waals surface area contributed by atoms with Crippen molar-refractivity contribution in [2.75, 3.05) is 62.6 Å². The molecule has 2 N–H and O–H groups in total. The zero-order valence-electron chi connectivity index (χ0n) is 19.3. The van der Waals surface area contributed by atoms with E-state index in [4.69, 9.17) is 0 Å². The van der Waals surface area contributed by atoms with E-state index in [1.165, 1.54) is 0 Å². The molecule has 1 saturated carbocycles. The van der Waals surface area contributed by atoms with E-state index in [1.807, 2.05) is 40.1 Å². The summed E-state index contributed by atoms with van der Waals surface area (Å²) in [4.78, 5) is 44.5. The van der Waals surface area contributed by atoms with Crippen LogP contribution in [0.3, 0.4) is 0 Å². The Labute approximate surface area is 199 Å². The molecule has 2 heterocycles. The van der Waals surface area contributed by atoms with Crippen molar-refractivity contribution in [2.45, 2.75) is 12.8 Å². The molecule has 0 radical (unpaired) electrons. The SMILES string of the molecule is O=C(Nc1cc(C(=O)N2CCNCC2)ccc1N1CCN(C(=O)C2CC2)CC1)c1ccccc1. The average Bonchev–Trinajstić information content (AvgIpc) is 3.75. The van der Waals surface area contributed by atoms with Gasteiger partial charge in [-0.25, -0.2) is 0 Å². The molecule has 0 aromatic heterocycles. The first kappa shape index (κ1) is 22.4. The van der Waals surface area contributed by atoms with Crippen molar-refractivity contribution >= 4 is 29.1 Å². The van der Waals surface area contributed by atoms with Crippen LogP contribution in [0.4, 0.5) is 11.4 Å². The summed E-state index contributed by atoms with van der Waals surface area (Å²) < 4.78 is 0. The minimum atomic E-state index is -0.212. The fourth-order valence-electron chi connectivity index (χ4n) is 4.64. The van der Waals surface area contributed by atoms with Crippen LogP contribution in [0.15, 0.2) is 48.5 Å². The zero-order valence-corrected chi connectivity index (χ0v) is 19.3. The van der Waals surface area contributed by atoms with Gasteiger partial charge in [-0.15, -0.1) is 0 Å². The Kier molecular flexibility index (Phi) is 6.49. The standard InChI is InChI=1S/C26H31N5O3/c32-24(19-4-2-1-3-5-19)28-22-18-21(26(34)30-12-10-27-11-13-30)8-9-23(22)29-14-16-31(17-15-29)25(33)20-6-7-20/h1-5,8-9,18,20,27H,6-7,10-17H2,(H,28,32). The minimum absolute atomic E-state index is 0.0249. The average molecular weight is 462 g/mol. The number of amides is 3. The van der Waals surface area contributed by atoms with Gasteiger partial charge in [0.05, 0.1) is 11.4 Å². The highest BCUT2D eigenvalue weighted by molar-refractivity contribution is 6.07. The summed E-state index contributed by atoms with van der Waals surface area (Å²) in [7, 11) is 0. The Hall–Kier alpha value is -3.39. The third kappa shape index (κ3) is 4.92. The molecule has 2 saturated heterocycles. The summed E-state index contributed by atoms with van der Waals surface area (Å²) in [5, 5.41) is 6.31. The summed E-state index contributed by atoms with van der Waals surface area (Å²) in [5.41, 5.74) is 2.63. The molecule has 8 heteroatoms. The Morgan fingerprint density at radius 1 is 0.794 bits per heavy atom. The van der Waals surface area contributed by atoms with Gasteiger partial charge in [0.15, 0.2) is 0 Å². The predicted octanol–water partition coefficient (Wildman–Crippen LogP) is 2.04. The van der Waals surface area contributed by atoms with Crippen LogP contribution in [0.1, 0.15) is 33.6 Å². The van der Waals surface area contributed by atoms with Crippen LogP contribution >= 0.6 is 0 Å². The van der Waals surface area contributed by atoms with Crippen molar-refractivity contribution < 1.29 is 14.4 Å². The summed E-state index contributed by atoms with van der Waals surface area (Å²) in [6.45, 7) is 5.63. The molecular weight excluding hydrogens is 430 g/mol. The van der Waals surface area contributed by atoms with E-state index >= 15 is 0 Å². The van der Waals surface area contributed by atoms with Gasteiger partial charge in [-0.05, 0) is 43.2 Å². The van der Waals surface area contributed by atoms with Gasteiger partial charge in [0, 0.05) is 69.4 Å². The van der Waals surface area contributed by atoms with E-state index in [1.54, 1.807) is 18.2 Å². The van der Waals surface area contributed by atoms with Crippen molar-refractivity contribution in [3.05, 3.63) is 59.7 Å². The molecule has 3 aliphatic rings. The quantitative estimate of drug-likeness (QED) is 0.712. The smallest absolute Gasteiger partial charge is 0.255 e. The molecule has 3 amide bonds. The highest BCUT2D eigenvalue weighted by atomic mass is 16.2. The molecule has 5 rings (SSSR count). The highest BCUT2D eigenvalue weighted by Gasteiger charge is 2.35. The van der Waals surface area contributed by atoms with Crippen LogP contribution < -0.4 is 15.5 Å². The molecule has 2 aromatic rings. The second-order valence-corrected chi connectivity index (χ2v) is 9.18. The lowest BCUT2D eigenvalue weighted by Crippen LogP contribution is -2.49. The van der Waals surface area contributed by atoms with Crippen molar-refractivity contribution in [2.24, 2.45) is 5.92 Å². The number of nitrogens with one attached hydrogen (secondary N) is 2. The second kappa shape index (κ2) is 9.85. The summed E-state index contributed by atoms with van der Waals surface area (Å²) in [6.07, 6.45) is 2.02. The maximum atomic E-state index is 13.1. The Morgan fingerprint density at radius 3 is 2.18 bits per heavy atom. The first-order chi connectivity index (χ1) is 16.6. The minimum Gasteiger partial charge on any atom is -0.366 e. The number of benzene rings is 2. The fourth-order valence-corrected chi connectivity index (χ4v) is 4.64. The van der Waals surface area contributed by atoms with Gasteiger partial charge >= 0.3 is 0 Å². The topological polar surface area (TPSA) is 85.0 Å². The van der Waals surface area contributed by atoms with E-state index in [-0.39, 0.29) is 23.6 Å². The van der Waals surface area contributed by atoms with Gasteiger partial charge in [-0.3, -0.25) is 14.4 Å². The van der Waals surface area contributed by atoms with Crippen LogP contribution in [0.5, 0.6) is 0 Å². The summed E-state index contributed by atoms with van der Waals surface area (Å²) >= 11 is 0. The van der Waals surface area contributed by atoms with E-state index < -0.39 is 0 Å². The monoisotopic (exact) mass is 461 g/mol. The van der Waals surface area contributed by atoms with Crippen LogP contribution in [-0.4, -0.2) is 79.9 Å². The number of rotatable bonds is 5. The first-order valence-corrected chi connectivity index (χ1v) is 12.1. The van der Waals surface area contributed by atoms with Gasteiger partial charge in [-0.1, -0.05) is 18.2 Å². The maximum absolute atomic E-state index is 13.1. The molecule has 178 valence electrons. The zero-order chi connectivity index (χ0) is 23.5. The maximum Gasteiger partial charge on any atom is 0.255 e. The van der Waals surface area contributed by atoms with E-state index in [0.717, 1.165) is 31.6 Å². The number of hydrogen-bond donors (Lipinski definition) is 2. The van der Waals surface area contributed by atoms with Crippen molar-refractivity contribution in [3.8, 4) is 0 Å². The summed E-state index contributed by atoms with van der Waals surface area (Å²) in [6, 6.07) is 14.6.